The van der Waals surface area contributed by atoms with E-state index >= 15 is 0 Å². The number of piperidine rings is 1. The van der Waals surface area contributed by atoms with Gasteiger partial charge >= 0.3 is 5.69 Å². The fourth-order valence-corrected chi connectivity index (χ4v) is 7.13. The minimum atomic E-state index is -0.923. The number of aliphatic hydroxyl groups is 1. The van der Waals surface area contributed by atoms with Gasteiger partial charge in [-0.25, -0.2) is 14.5 Å². The van der Waals surface area contributed by atoms with E-state index in [9.17, 15) is 29.7 Å². The molecule has 0 radical (unpaired) electrons. The Labute approximate surface area is 288 Å². The van der Waals surface area contributed by atoms with E-state index in [0.717, 1.165) is 29.9 Å². The Morgan fingerprint density at radius 3 is 2.42 bits per heavy atom. The average Bonchev–Trinajstić information content (AvgIpc) is 3.65. The molecule has 0 saturated carbocycles. The number of phenolic OH excluding ortho intramolecular Hbond substituents is 2. The van der Waals surface area contributed by atoms with Gasteiger partial charge in [0.05, 0.1) is 17.3 Å². The number of hydrogen-bond donors (Lipinski definition) is 6. The predicted molar refractivity (Wildman–Crippen MR) is 186 cm³/mol. The molecule has 2 amide bonds. The number of aromatic amines is 1. The summed E-state index contributed by atoms with van der Waals surface area (Å²) in [7, 11) is 0. The Kier molecular flexibility index (Phi) is 9.07. The molecule has 0 aliphatic carbocycles. The number of benzene rings is 3. The molecule has 3 aromatic carbocycles. The molecular formula is C36H42N8O6. The monoisotopic (exact) mass is 682 g/mol. The molecule has 2 fully saturated rings. The molecule has 2 atom stereocenters. The van der Waals surface area contributed by atoms with Gasteiger partial charge in [-0.1, -0.05) is 32.0 Å². The minimum absolute atomic E-state index is 0.00320. The fraction of sp³-hybridized carbons (Fsp3) is 0.389. The van der Waals surface area contributed by atoms with Crippen LogP contribution in [0.1, 0.15) is 59.7 Å². The lowest BCUT2D eigenvalue weighted by Gasteiger charge is -2.37. The summed E-state index contributed by atoms with van der Waals surface area (Å²) >= 11 is 0. The van der Waals surface area contributed by atoms with Crippen molar-refractivity contribution in [2.75, 3.05) is 38.0 Å². The second kappa shape index (κ2) is 13.6. The number of aromatic nitrogens is 3. The zero-order valence-corrected chi connectivity index (χ0v) is 28.1. The van der Waals surface area contributed by atoms with Gasteiger partial charge in [-0.2, -0.15) is 5.10 Å². The molecule has 50 heavy (non-hydrogen) atoms. The van der Waals surface area contributed by atoms with E-state index in [4.69, 9.17) is 0 Å². The summed E-state index contributed by atoms with van der Waals surface area (Å²) in [6.07, 6.45) is 0.128. The minimum Gasteiger partial charge on any atom is -0.508 e. The molecule has 14 heteroatoms. The van der Waals surface area contributed by atoms with Crippen molar-refractivity contribution in [3.8, 4) is 28.6 Å². The van der Waals surface area contributed by atoms with Gasteiger partial charge in [0.1, 0.15) is 11.5 Å². The van der Waals surface area contributed by atoms with Gasteiger partial charge in [0.25, 0.3) is 5.91 Å². The number of H-pyrrole nitrogens is 1. The molecule has 14 nitrogen and oxygen atoms in total. The number of aliphatic hydroxyl groups excluding tert-OH is 1. The van der Waals surface area contributed by atoms with E-state index in [-0.39, 0.29) is 41.1 Å². The van der Waals surface area contributed by atoms with E-state index in [1.807, 2.05) is 66.1 Å². The second-order valence-electron chi connectivity index (χ2n) is 13.5. The van der Waals surface area contributed by atoms with Gasteiger partial charge in [-0.05, 0) is 53.8 Å². The molecule has 7 rings (SSSR count). The fourth-order valence-electron chi connectivity index (χ4n) is 7.13. The van der Waals surface area contributed by atoms with Crippen molar-refractivity contribution >= 4 is 17.5 Å². The smallest absolute Gasteiger partial charge is 0.348 e. The van der Waals surface area contributed by atoms with Crippen LogP contribution in [-0.2, 0) is 17.9 Å². The first-order valence-electron chi connectivity index (χ1n) is 17.0. The molecule has 3 aliphatic rings. The maximum atomic E-state index is 13.2. The standard InChI is InChI=1S/C36H42N8O6/c1-21(2)26-16-27(31(46)17-30(26)45)33-39-40-36(50)44(33)23-8-6-22(7-9-23)19-41-12-14-42(15-13-41)35(49)38-29-5-3-4-25-28(29)20-43(34(25)48)24-10-11-32(47)37-18-24/h3-9,16-17,21,24,35,38,45-46,49H,10-15,18-20H2,1-2H3,(H,37,47)(H,40,50). The van der Waals surface area contributed by atoms with Crippen LogP contribution in [0.25, 0.3) is 17.1 Å². The van der Waals surface area contributed by atoms with Crippen LogP contribution in [0.2, 0.25) is 0 Å². The van der Waals surface area contributed by atoms with Crippen LogP contribution >= 0.6 is 0 Å². The highest BCUT2D eigenvalue weighted by molar-refractivity contribution is 6.00. The SMILES string of the molecule is CC(C)c1cc(-c2n[nH]c(=O)n2-c2ccc(CN3CCN(C(O)Nc4cccc5c4CN(C4CCC(=O)NC4)C5=O)CC3)cc2)c(O)cc1O. The number of aromatic hydroxyl groups is 2. The molecule has 2 unspecified atom stereocenters. The molecule has 3 aliphatic heterocycles. The van der Waals surface area contributed by atoms with Crippen LogP contribution < -0.4 is 16.3 Å². The van der Waals surface area contributed by atoms with Crippen LogP contribution in [0.15, 0.2) is 59.4 Å². The lowest BCUT2D eigenvalue weighted by molar-refractivity contribution is -0.123. The number of nitrogens with one attached hydrogen (secondary N) is 3. The topological polar surface area (TPSA) is 179 Å². The number of amides is 2. The van der Waals surface area contributed by atoms with Crippen LogP contribution in [0, 0.1) is 0 Å². The van der Waals surface area contributed by atoms with E-state index < -0.39 is 12.0 Å². The largest absolute Gasteiger partial charge is 0.508 e. The number of carbonyl (C=O) groups is 2. The normalized spacial score (nSPS) is 19.1. The summed E-state index contributed by atoms with van der Waals surface area (Å²) in [5.41, 5.74) is 4.39. The molecular weight excluding hydrogens is 640 g/mol. The van der Waals surface area contributed by atoms with Crippen molar-refractivity contribution in [1.82, 2.24) is 34.8 Å². The van der Waals surface area contributed by atoms with Crippen LogP contribution in [-0.4, -0.2) is 102 Å². The molecule has 262 valence electrons. The number of nitrogens with zero attached hydrogens (tertiary/aromatic N) is 5. The second-order valence-corrected chi connectivity index (χ2v) is 13.5. The van der Waals surface area contributed by atoms with Crippen LogP contribution in [0.5, 0.6) is 11.5 Å². The lowest BCUT2D eigenvalue weighted by Crippen LogP contribution is -2.52. The molecule has 1 aromatic heterocycles. The van der Waals surface area contributed by atoms with Crippen LogP contribution in [0.4, 0.5) is 5.69 Å². The third-order valence-electron chi connectivity index (χ3n) is 9.99. The average molecular weight is 683 g/mol. The first kappa shape index (κ1) is 33.3. The highest BCUT2D eigenvalue weighted by atomic mass is 16.3. The molecule has 0 bridgehead atoms. The first-order chi connectivity index (χ1) is 24.1. The summed E-state index contributed by atoms with van der Waals surface area (Å²) in [6.45, 7) is 8.18. The van der Waals surface area contributed by atoms with Crippen molar-refractivity contribution in [3.05, 3.63) is 87.3 Å². The number of piperazine rings is 1. The van der Waals surface area contributed by atoms with Crippen molar-refractivity contribution in [1.29, 1.82) is 0 Å². The highest BCUT2D eigenvalue weighted by Gasteiger charge is 2.36. The van der Waals surface area contributed by atoms with Gasteiger partial charge in [-0.3, -0.25) is 19.4 Å². The summed E-state index contributed by atoms with van der Waals surface area (Å²) in [5.74, 6) is 0.0192. The summed E-state index contributed by atoms with van der Waals surface area (Å²) < 4.78 is 1.40. The highest BCUT2D eigenvalue weighted by Crippen LogP contribution is 2.37. The summed E-state index contributed by atoms with van der Waals surface area (Å²) in [5, 5.41) is 44.8. The Bertz CT molecular complexity index is 1950. The van der Waals surface area contributed by atoms with Gasteiger partial charge in [0.15, 0.2) is 12.2 Å². The predicted octanol–water partition coefficient (Wildman–Crippen LogP) is 2.50. The van der Waals surface area contributed by atoms with Crippen molar-refractivity contribution in [2.24, 2.45) is 0 Å². The summed E-state index contributed by atoms with van der Waals surface area (Å²) in [6, 6.07) is 16.0. The maximum Gasteiger partial charge on any atom is 0.348 e. The third-order valence-corrected chi connectivity index (χ3v) is 9.99. The van der Waals surface area contributed by atoms with Crippen molar-refractivity contribution < 1.29 is 24.9 Å². The van der Waals surface area contributed by atoms with Gasteiger partial charge in [-0.15, -0.1) is 0 Å². The Morgan fingerprint density at radius 1 is 0.960 bits per heavy atom. The summed E-state index contributed by atoms with van der Waals surface area (Å²) in [4.78, 5) is 43.7. The zero-order chi connectivity index (χ0) is 35.1. The van der Waals surface area contributed by atoms with Gasteiger partial charge in [0.2, 0.25) is 5.91 Å². The van der Waals surface area contributed by atoms with E-state index in [2.05, 4.69) is 25.7 Å². The number of phenols is 2. The van der Waals surface area contributed by atoms with Crippen molar-refractivity contribution in [2.45, 2.75) is 58.1 Å². The van der Waals surface area contributed by atoms with Gasteiger partial charge in [0, 0.05) is 75.1 Å². The molecule has 4 aromatic rings. The van der Waals surface area contributed by atoms with Crippen molar-refractivity contribution in [3.63, 3.8) is 0 Å². The first-order valence-corrected chi connectivity index (χ1v) is 17.0. The number of anilines is 1. The molecule has 6 N–H and O–H groups in total. The lowest BCUT2D eigenvalue weighted by atomic mass is 9.98. The van der Waals surface area contributed by atoms with Crippen LogP contribution in [0.3, 0.4) is 0 Å². The van der Waals surface area contributed by atoms with E-state index in [1.54, 1.807) is 6.07 Å². The number of rotatable bonds is 9. The number of carbonyl (C=O) groups excluding carboxylic acids is 2. The molecule has 0 spiro atoms. The van der Waals surface area contributed by atoms with E-state index in [0.29, 0.717) is 67.9 Å². The quantitative estimate of drug-likeness (QED) is 0.144. The molecule has 2 saturated heterocycles. The maximum absolute atomic E-state index is 13.2. The van der Waals surface area contributed by atoms with Gasteiger partial charge < -0.3 is 30.9 Å². The Hall–Kier alpha value is -5.18. The zero-order valence-electron chi connectivity index (χ0n) is 28.1. The Balaban J connectivity index is 0.963. The number of hydrogen-bond acceptors (Lipinski definition) is 10. The molecule has 4 heterocycles. The Morgan fingerprint density at radius 2 is 1.72 bits per heavy atom. The third kappa shape index (κ3) is 6.44. The van der Waals surface area contributed by atoms with E-state index in [1.165, 1.54) is 10.6 Å². The number of fused-ring (bicyclic) bond motifs is 1.